The second-order valence-corrected chi connectivity index (χ2v) is 6.52. The van der Waals surface area contributed by atoms with Crippen LogP contribution in [0.3, 0.4) is 0 Å². The van der Waals surface area contributed by atoms with Gasteiger partial charge in [0.1, 0.15) is 5.75 Å². The summed E-state index contributed by atoms with van der Waals surface area (Å²) in [6.07, 6.45) is 2.17. The highest BCUT2D eigenvalue weighted by molar-refractivity contribution is 9.10. The fourth-order valence-corrected chi connectivity index (χ4v) is 3.83. The average molecular weight is 343 g/mol. The number of hydrogen-bond donors (Lipinski definition) is 1. The number of nitrogens with one attached hydrogen (secondary N) is 1. The van der Waals surface area contributed by atoms with E-state index in [1.54, 1.807) is 18.9 Å². The summed E-state index contributed by atoms with van der Waals surface area (Å²) >= 11 is 5.28. The van der Waals surface area contributed by atoms with Crippen LogP contribution in [0.15, 0.2) is 27.7 Å². The summed E-state index contributed by atoms with van der Waals surface area (Å²) in [5, 5.41) is 4.39. The Hall–Kier alpha value is -0.680. The van der Waals surface area contributed by atoms with Gasteiger partial charge in [-0.15, -0.1) is 0 Å². The van der Waals surface area contributed by atoms with Gasteiger partial charge >= 0.3 is 0 Å². The minimum Gasteiger partial charge on any atom is -0.497 e. The molecule has 0 unspecified atom stereocenters. The molecule has 104 valence electrons. The van der Waals surface area contributed by atoms with Crippen LogP contribution in [0, 0.1) is 0 Å². The normalized spacial score (nSPS) is 17.2. The number of ether oxygens (including phenoxy) is 1. The molecule has 3 nitrogen and oxygen atoms in total. The lowest BCUT2D eigenvalue weighted by Crippen LogP contribution is -2.24. The molecule has 0 radical (unpaired) electrons. The van der Waals surface area contributed by atoms with Crippen molar-refractivity contribution in [1.29, 1.82) is 0 Å². The SMILES string of the molecule is CCC1(CC)CSC(Nc2cc(Br)cc(OC)c2)=N1. The molecule has 0 fully saturated rings. The number of amidine groups is 1. The second kappa shape index (κ2) is 6.18. The van der Waals surface area contributed by atoms with E-state index in [2.05, 4.69) is 35.1 Å². The van der Waals surface area contributed by atoms with Gasteiger partial charge in [0.25, 0.3) is 0 Å². The fourth-order valence-electron chi connectivity index (χ4n) is 2.04. The molecule has 5 heteroatoms. The number of aliphatic imine (C=N–C) groups is 1. The Kier molecular flexibility index (Phi) is 4.79. The maximum absolute atomic E-state index is 5.27. The number of halogens is 1. The molecule has 1 aliphatic rings. The van der Waals surface area contributed by atoms with E-state index in [9.17, 15) is 0 Å². The zero-order valence-electron chi connectivity index (χ0n) is 11.5. The van der Waals surface area contributed by atoms with E-state index in [-0.39, 0.29) is 5.54 Å². The van der Waals surface area contributed by atoms with Crippen LogP contribution in [0.5, 0.6) is 5.75 Å². The quantitative estimate of drug-likeness (QED) is 0.872. The first-order valence-corrected chi connectivity index (χ1v) is 8.23. The molecule has 1 aliphatic heterocycles. The summed E-state index contributed by atoms with van der Waals surface area (Å²) < 4.78 is 6.26. The molecule has 0 atom stereocenters. The monoisotopic (exact) mass is 342 g/mol. The lowest BCUT2D eigenvalue weighted by molar-refractivity contribution is 0.415. The molecule has 0 spiro atoms. The first-order chi connectivity index (χ1) is 9.10. The van der Waals surface area contributed by atoms with Crippen LogP contribution in [0.4, 0.5) is 5.69 Å². The molecule has 1 aromatic carbocycles. The third-order valence-corrected chi connectivity index (χ3v) is 5.10. The molecule has 0 bridgehead atoms. The lowest BCUT2D eigenvalue weighted by Gasteiger charge is -2.20. The fraction of sp³-hybridized carbons (Fsp3) is 0.500. The third-order valence-electron chi connectivity index (χ3n) is 3.49. The predicted molar refractivity (Wildman–Crippen MR) is 87.5 cm³/mol. The maximum Gasteiger partial charge on any atom is 0.161 e. The van der Waals surface area contributed by atoms with E-state index < -0.39 is 0 Å². The van der Waals surface area contributed by atoms with Crippen molar-refractivity contribution >= 4 is 38.5 Å². The minimum atomic E-state index is 0.114. The molecule has 0 amide bonds. The Morgan fingerprint density at radius 1 is 1.37 bits per heavy atom. The highest BCUT2D eigenvalue weighted by Gasteiger charge is 2.32. The molecule has 1 aromatic rings. The van der Waals surface area contributed by atoms with Gasteiger partial charge in [-0.05, 0) is 25.0 Å². The standard InChI is InChI=1S/C14H19BrN2OS/c1-4-14(5-2)9-19-13(17-14)16-11-6-10(15)7-12(8-11)18-3/h6-8H,4-5,9H2,1-3H3,(H,16,17). The van der Waals surface area contributed by atoms with Gasteiger partial charge in [0.05, 0.1) is 12.6 Å². The molecule has 0 aromatic heterocycles. The van der Waals surface area contributed by atoms with Gasteiger partial charge in [-0.1, -0.05) is 41.5 Å². The van der Waals surface area contributed by atoms with Crippen molar-refractivity contribution in [3.05, 3.63) is 22.7 Å². The zero-order chi connectivity index (χ0) is 13.9. The Morgan fingerprint density at radius 2 is 2.11 bits per heavy atom. The first kappa shape index (κ1) is 14.7. The van der Waals surface area contributed by atoms with Crippen molar-refractivity contribution in [3.63, 3.8) is 0 Å². The molecule has 1 N–H and O–H groups in total. The molecule has 1 heterocycles. The Bertz CT molecular complexity index is 486. The Labute approximate surface area is 127 Å². The van der Waals surface area contributed by atoms with E-state index in [4.69, 9.17) is 9.73 Å². The number of anilines is 1. The third kappa shape index (κ3) is 3.45. The summed E-state index contributed by atoms with van der Waals surface area (Å²) in [7, 11) is 1.67. The molecule has 19 heavy (non-hydrogen) atoms. The number of methoxy groups -OCH3 is 1. The van der Waals surface area contributed by atoms with Crippen molar-refractivity contribution in [2.45, 2.75) is 32.2 Å². The van der Waals surface area contributed by atoms with Crippen LogP contribution in [0.1, 0.15) is 26.7 Å². The first-order valence-electron chi connectivity index (χ1n) is 6.45. The summed E-state index contributed by atoms with van der Waals surface area (Å²) in [4.78, 5) is 4.85. The maximum atomic E-state index is 5.27. The van der Waals surface area contributed by atoms with Crippen LogP contribution < -0.4 is 10.1 Å². The molecule has 0 aliphatic carbocycles. The highest BCUT2D eigenvalue weighted by atomic mass is 79.9. The molecule has 2 rings (SSSR count). The van der Waals surface area contributed by atoms with Gasteiger partial charge in [-0.25, -0.2) is 0 Å². The summed E-state index contributed by atoms with van der Waals surface area (Å²) in [5.74, 6) is 1.89. The Balaban J connectivity index is 2.16. The average Bonchev–Trinajstić information content (AvgIpc) is 2.82. The van der Waals surface area contributed by atoms with Gasteiger partial charge in [0.2, 0.25) is 0 Å². The van der Waals surface area contributed by atoms with E-state index in [0.717, 1.165) is 39.7 Å². The highest BCUT2D eigenvalue weighted by Crippen LogP contribution is 2.34. The molecular weight excluding hydrogens is 324 g/mol. The van der Waals surface area contributed by atoms with Crippen molar-refractivity contribution < 1.29 is 4.74 Å². The van der Waals surface area contributed by atoms with Gasteiger partial charge < -0.3 is 10.1 Å². The van der Waals surface area contributed by atoms with Gasteiger partial charge in [-0.2, -0.15) is 0 Å². The molecular formula is C14H19BrN2OS. The second-order valence-electron chi connectivity index (χ2n) is 4.64. The predicted octanol–water partition coefficient (Wildman–Crippen LogP) is 4.53. The largest absolute Gasteiger partial charge is 0.497 e. The van der Waals surface area contributed by atoms with Crippen LogP contribution >= 0.6 is 27.7 Å². The van der Waals surface area contributed by atoms with E-state index in [1.807, 2.05) is 18.2 Å². The van der Waals surface area contributed by atoms with Gasteiger partial charge in [-0.3, -0.25) is 4.99 Å². The van der Waals surface area contributed by atoms with Crippen LogP contribution in [-0.2, 0) is 0 Å². The number of benzene rings is 1. The van der Waals surface area contributed by atoms with Crippen molar-refractivity contribution in [2.75, 3.05) is 18.2 Å². The number of hydrogen-bond acceptors (Lipinski definition) is 4. The minimum absolute atomic E-state index is 0.114. The van der Waals surface area contributed by atoms with E-state index >= 15 is 0 Å². The summed E-state index contributed by atoms with van der Waals surface area (Å²) in [6, 6.07) is 5.95. The van der Waals surface area contributed by atoms with Gasteiger partial charge in [0.15, 0.2) is 5.17 Å². The van der Waals surface area contributed by atoms with Crippen molar-refractivity contribution in [2.24, 2.45) is 4.99 Å². The van der Waals surface area contributed by atoms with Crippen LogP contribution in [-0.4, -0.2) is 23.6 Å². The Morgan fingerprint density at radius 3 is 2.68 bits per heavy atom. The van der Waals surface area contributed by atoms with Crippen LogP contribution in [0.25, 0.3) is 0 Å². The molecule has 0 saturated carbocycles. The smallest absolute Gasteiger partial charge is 0.161 e. The van der Waals surface area contributed by atoms with Crippen molar-refractivity contribution in [3.8, 4) is 5.75 Å². The van der Waals surface area contributed by atoms with Crippen molar-refractivity contribution in [1.82, 2.24) is 0 Å². The number of rotatable bonds is 4. The number of nitrogens with zero attached hydrogens (tertiary/aromatic N) is 1. The topological polar surface area (TPSA) is 33.6 Å². The lowest BCUT2D eigenvalue weighted by atomic mass is 9.97. The van der Waals surface area contributed by atoms with E-state index in [1.165, 1.54) is 0 Å². The summed E-state index contributed by atoms with van der Waals surface area (Å²) in [6.45, 7) is 4.41. The van der Waals surface area contributed by atoms with Gasteiger partial charge in [0, 0.05) is 22.0 Å². The molecule has 0 saturated heterocycles. The summed E-state index contributed by atoms with van der Waals surface area (Å²) in [5.41, 5.74) is 1.11. The van der Waals surface area contributed by atoms with Crippen LogP contribution in [0.2, 0.25) is 0 Å². The van der Waals surface area contributed by atoms with E-state index in [0.29, 0.717) is 0 Å². The zero-order valence-corrected chi connectivity index (χ0v) is 13.9. The number of thioether (sulfide) groups is 1.